The molecule has 2 fully saturated rings. The Balaban J connectivity index is 1.78. The molecule has 2 aliphatic heterocycles. The van der Waals surface area contributed by atoms with E-state index in [1.54, 1.807) is 0 Å². The molecule has 0 amide bonds. The Morgan fingerprint density at radius 3 is 2.53 bits per heavy atom. The summed E-state index contributed by atoms with van der Waals surface area (Å²) in [6.45, 7) is 2.08. The van der Waals surface area contributed by atoms with Gasteiger partial charge in [-0.3, -0.25) is 0 Å². The van der Waals surface area contributed by atoms with Crippen LogP contribution in [0.15, 0.2) is 24.3 Å². The van der Waals surface area contributed by atoms with Crippen LogP contribution in [0.2, 0.25) is 0 Å². The van der Waals surface area contributed by atoms with Gasteiger partial charge in [-0.2, -0.15) is 0 Å². The number of aryl methyl sites for hydroxylation is 1. The molecule has 2 bridgehead atoms. The van der Waals surface area contributed by atoms with Gasteiger partial charge >= 0.3 is 0 Å². The standard InChI is InChI=1S/C15H20FN/c1-11-4-2-3-5-12(11)8-15(16)9-13-6-7-14(10-15)17-13/h2-5,13-14,17H,6-10H2,1H3. The molecule has 1 aromatic rings. The van der Waals surface area contributed by atoms with E-state index in [1.165, 1.54) is 11.1 Å². The van der Waals surface area contributed by atoms with Crippen LogP contribution in [-0.4, -0.2) is 17.8 Å². The summed E-state index contributed by atoms with van der Waals surface area (Å²) in [5.41, 5.74) is 1.41. The van der Waals surface area contributed by atoms with Crippen molar-refractivity contribution < 1.29 is 4.39 Å². The number of rotatable bonds is 2. The topological polar surface area (TPSA) is 12.0 Å². The first-order valence-corrected chi connectivity index (χ1v) is 6.64. The summed E-state index contributed by atoms with van der Waals surface area (Å²) < 4.78 is 14.9. The molecule has 0 radical (unpaired) electrons. The van der Waals surface area contributed by atoms with Crippen LogP contribution in [0.4, 0.5) is 4.39 Å². The number of alkyl halides is 1. The van der Waals surface area contributed by atoms with Crippen LogP contribution < -0.4 is 5.32 Å². The highest BCUT2D eigenvalue weighted by Gasteiger charge is 2.43. The Hall–Kier alpha value is -0.890. The SMILES string of the molecule is Cc1ccccc1CC1(F)CC2CCC(C1)N2. The van der Waals surface area contributed by atoms with Crippen molar-refractivity contribution in [1.29, 1.82) is 0 Å². The summed E-state index contributed by atoms with van der Waals surface area (Å²) in [6.07, 6.45) is 4.29. The third-order valence-electron chi connectivity index (χ3n) is 4.33. The zero-order valence-electron chi connectivity index (χ0n) is 10.4. The van der Waals surface area contributed by atoms with Gasteiger partial charge in [0.2, 0.25) is 0 Å². The first-order valence-electron chi connectivity index (χ1n) is 6.64. The van der Waals surface area contributed by atoms with E-state index in [2.05, 4.69) is 24.4 Å². The molecule has 17 heavy (non-hydrogen) atoms. The van der Waals surface area contributed by atoms with Crippen molar-refractivity contribution in [3.05, 3.63) is 35.4 Å². The monoisotopic (exact) mass is 233 g/mol. The average molecular weight is 233 g/mol. The van der Waals surface area contributed by atoms with Crippen molar-refractivity contribution in [3.8, 4) is 0 Å². The Morgan fingerprint density at radius 2 is 1.88 bits per heavy atom. The molecule has 1 aromatic carbocycles. The molecule has 2 saturated heterocycles. The van der Waals surface area contributed by atoms with Gasteiger partial charge in [0, 0.05) is 18.5 Å². The van der Waals surface area contributed by atoms with E-state index in [4.69, 9.17) is 0 Å². The van der Waals surface area contributed by atoms with Crippen molar-refractivity contribution >= 4 is 0 Å². The van der Waals surface area contributed by atoms with E-state index in [0.717, 1.165) is 12.8 Å². The van der Waals surface area contributed by atoms with E-state index >= 15 is 0 Å². The highest BCUT2D eigenvalue weighted by molar-refractivity contribution is 5.27. The zero-order valence-corrected chi connectivity index (χ0v) is 10.4. The fourth-order valence-electron chi connectivity index (χ4n) is 3.48. The molecule has 0 aliphatic carbocycles. The third kappa shape index (κ3) is 2.23. The van der Waals surface area contributed by atoms with Crippen molar-refractivity contribution in [2.24, 2.45) is 0 Å². The van der Waals surface area contributed by atoms with Crippen LogP contribution in [0.5, 0.6) is 0 Å². The van der Waals surface area contributed by atoms with Crippen molar-refractivity contribution in [2.45, 2.75) is 56.8 Å². The van der Waals surface area contributed by atoms with E-state index < -0.39 is 5.67 Å². The lowest BCUT2D eigenvalue weighted by atomic mass is 9.83. The van der Waals surface area contributed by atoms with Gasteiger partial charge in [0.05, 0.1) is 0 Å². The van der Waals surface area contributed by atoms with Gasteiger partial charge < -0.3 is 5.32 Å². The highest BCUT2D eigenvalue weighted by Crippen LogP contribution is 2.39. The molecule has 2 heteroatoms. The first-order chi connectivity index (χ1) is 8.15. The second-order valence-electron chi connectivity index (χ2n) is 5.80. The van der Waals surface area contributed by atoms with E-state index in [1.807, 2.05) is 12.1 Å². The molecule has 92 valence electrons. The smallest absolute Gasteiger partial charge is 0.118 e. The highest BCUT2D eigenvalue weighted by atomic mass is 19.1. The largest absolute Gasteiger partial charge is 0.311 e. The molecule has 2 aliphatic rings. The van der Waals surface area contributed by atoms with Gasteiger partial charge in [-0.15, -0.1) is 0 Å². The minimum absolute atomic E-state index is 0.419. The average Bonchev–Trinajstić information content (AvgIpc) is 2.62. The summed E-state index contributed by atoms with van der Waals surface area (Å²) >= 11 is 0. The maximum absolute atomic E-state index is 14.9. The number of benzene rings is 1. The Labute approximate surface area is 102 Å². The van der Waals surface area contributed by atoms with Gasteiger partial charge in [0.1, 0.15) is 5.67 Å². The van der Waals surface area contributed by atoms with Crippen LogP contribution in [-0.2, 0) is 6.42 Å². The molecule has 2 atom stereocenters. The van der Waals surface area contributed by atoms with E-state index in [0.29, 0.717) is 31.3 Å². The van der Waals surface area contributed by atoms with Gasteiger partial charge in [-0.25, -0.2) is 4.39 Å². The lowest BCUT2D eigenvalue weighted by Gasteiger charge is -2.35. The number of halogens is 1. The zero-order chi connectivity index (χ0) is 11.9. The summed E-state index contributed by atoms with van der Waals surface area (Å²) in [7, 11) is 0. The van der Waals surface area contributed by atoms with Crippen molar-refractivity contribution in [1.82, 2.24) is 5.32 Å². The molecule has 2 heterocycles. The maximum Gasteiger partial charge on any atom is 0.118 e. The van der Waals surface area contributed by atoms with Crippen molar-refractivity contribution in [3.63, 3.8) is 0 Å². The fourth-order valence-corrected chi connectivity index (χ4v) is 3.48. The quantitative estimate of drug-likeness (QED) is 0.827. The number of piperidine rings is 1. The Bertz CT molecular complexity index is 403. The predicted octanol–water partition coefficient (Wildman–Crippen LogP) is 3.16. The van der Waals surface area contributed by atoms with Crippen LogP contribution >= 0.6 is 0 Å². The molecule has 0 saturated carbocycles. The van der Waals surface area contributed by atoms with E-state index in [9.17, 15) is 4.39 Å². The fraction of sp³-hybridized carbons (Fsp3) is 0.600. The predicted molar refractivity (Wildman–Crippen MR) is 67.9 cm³/mol. The molecule has 0 aromatic heterocycles. The Kier molecular flexibility index (Phi) is 2.70. The van der Waals surface area contributed by atoms with Gasteiger partial charge in [-0.1, -0.05) is 24.3 Å². The second kappa shape index (κ2) is 4.09. The van der Waals surface area contributed by atoms with Crippen LogP contribution in [0.1, 0.15) is 36.8 Å². The molecule has 1 N–H and O–H groups in total. The lowest BCUT2D eigenvalue weighted by molar-refractivity contribution is 0.0892. The first kappa shape index (κ1) is 11.2. The van der Waals surface area contributed by atoms with Gasteiger partial charge in [-0.05, 0) is 43.7 Å². The number of nitrogens with one attached hydrogen (secondary N) is 1. The van der Waals surface area contributed by atoms with Crippen LogP contribution in [0, 0.1) is 6.92 Å². The molecule has 0 spiro atoms. The molecule has 3 rings (SSSR count). The lowest BCUT2D eigenvalue weighted by Crippen LogP contribution is -2.47. The van der Waals surface area contributed by atoms with Crippen LogP contribution in [0.3, 0.4) is 0 Å². The number of hydrogen-bond acceptors (Lipinski definition) is 1. The maximum atomic E-state index is 14.9. The summed E-state index contributed by atoms with van der Waals surface area (Å²) in [5, 5.41) is 3.51. The normalized spacial score (nSPS) is 36.1. The Morgan fingerprint density at radius 1 is 1.24 bits per heavy atom. The molecule has 1 nitrogen and oxygen atoms in total. The molecular weight excluding hydrogens is 213 g/mol. The molecule has 2 unspecified atom stereocenters. The summed E-state index contributed by atoms with van der Waals surface area (Å²) in [5.74, 6) is 0. The third-order valence-corrected chi connectivity index (χ3v) is 4.33. The second-order valence-corrected chi connectivity index (χ2v) is 5.80. The number of fused-ring (bicyclic) bond motifs is 2. The van der Waals surface area contributed by atoms with Crippen LogP contribution in [0.25, 0.3) is 0 Å². The summed E-state index contributed by atoms with van der Waals surface area (Å²) in [6, 6.07) is 9.03. The molecular formula is C15H20FN. The van der Waals surface area contributed by atoms with Gasteiger partial charge in [0.25, 0.3) is 0 Å². The number of hydrogen-bond donors (Lipinski definition) is 1. The van der Waals surface area contributed by atoms with E-state index in [-0.39, 0.29) is 0 Å². The van der Waals surface area contributed by atoms with Crippen molar-refractivity contribution in [2.75, 3.05) is 0 Å². The minimum Gasteiger partial charge on any atom is -0.311 e. The minimum atomic E-state index is -0.983. The summed E-state index contributed by atoms with van der Waals surface area (Å²) in [4.78, 5) is 0. The van der Waals surface area contributed by atoms with Gasteiger partial charge in [0.15, 0.2) is 0 Å².